The lowest BCUT2D eigenvalue weighted by Gasteiger charge is -2.34. The zero-order chi connectivity index (χ0) is 14.8. The summed E-state index contributed by atoms with van der Waals surface area (Å²) in [5, 5.41) is 9.13. The van der Waals surface area contributed by atoms with E-state index in [0.717, 1.165) is 0 Å². The molecular formula is C13H23NO5. The number of hydrogen-bond donors (Lipinski definition) is 1. The van der Waals surface area contributed by atoms with Gasteiger partial charge < -0.3 is 14.6 Å². The molecule has 0 aromatic carbocycles. The Morgan fingerprint density at radius 3 is 2.42 bits per heavy atom. The van der Waals surface area contributed by atoms with Crippen LogP contribution in [0, 0.1) is 0 Å². The fourth-order valence-corrected chi connectivity index (χ4v) is 2.07. The Morgan fingerprint density at radius 2 is 1.95 bits per heavy atom. The lowest BCUT2D eigenvalue weighted by molar-refractivity contribution is -0.176. The molecule has 1 saturated heterocycles. The Kier molecular flexibility index (Phi) is 4.45. The minimum atomic E-state index is -1.19. The van der Waals surface area contributed by atoms with Crippen LogP contribution in [0.3, 0.4) is 0 Å². The van der Waals surface area contributed by atoms with Crippen molar-refractivity contribution in [3.63, 3.8) is 0 Å². The summed E-state index contributed by atoms with van der Waals surface area (Å²) in [7, 11) is 0. The van der Waals surface area contributed by atoms with E-state index in [-0.39, 0.29) is 0 Å². The molecule has 110 valence electrons. The first kappa shape index (κ1) is 15.8. The van der Waals surface area contributed by atoms with Crippen molar-refractivity contribution >= 4 is 12.1 Å². The van der Waals surface area contributed by atoms with Crippen LogP contribution in [0.4, 0.5) is 4.79 Å². The maximum atomic E-state index is 12.1. The third-order valence-corrected chi connectivity index (χ3v) is 2.97. The number of aliphatic hydroxyl groups excluding tert-OH is 1. The molecule has 0 aromatic rings. The number of nitrogens with zero attached hydrogens (tertiary/aromatic N) is 1. The van der Waals surface area contributed by atoms with Crippen LogP contribution < -0.4 is 0 Å². The zero-order valence-electron chi connectivity index (χ0n) is 12.2. The van der Waals surface area contributed by atoms with Crippen LogP contribution in [0.5, 0.6) is 0 Å². The van der Waals surface area contributed by atoms with Gasteiger partial charge in [0.2, 0.25) is 0 Å². The predicted molar refractivity (Wildman–Crippen MR) is 68.4 cm³/mol. The van der Waals surface area contributed by atoms with E-state index >= 15 is 0 Å². The van der Waals surface area contributed by atoms with Gasteiger partial charge in [0.15, 0.2) is 6.29 Å². The average molecular weight is 273 g/mol. The quantitative estimate of drug-likeness (QED) is 0.611. The summed E-state index contributed by atoms with van der Waals surface area (Å²) in [5.41, 5.74) is -1.69. The van der Waals surface area contributed by atoms with Crippen LogP contribution in [0.2, 0.25) is 0 Å². The van der Waals surface area contributed by atoms with Crippen LogP contribution in [0.1, 0.15) is 47.5 Å². The van der Waals surface area contributed by atoms with Crippen LogP contribution in [-0.4, -0.2) is 46.0 Å². The molecule has 0 spiro atoms. The summed E-state index contributed by atoms with van der Waals surface area (Å²) in [4.78, 5) is 25.5. The predicted octanol–water partition coefficient (Wildman–Crippen LogP) is 1.66. The molecule has 1 rings (SSSR count). The van der Waals surface area contributed by atoms with Gasteiger partial charge in [0.05, 0.1) is 0 Å². The highest BCUT2D eigenvalue weighted by Crippen LogP contribution is 2.32. The first-order valence-electron chi connectivity index (χ1n) is 6.46. The first-order valence-corrected chi connectivity index (χ1v) is 6.46. The summed E-state index contributed by atoms with van der Waals surface area (Å²) in [6.45, 7) is 8.74. The van der Waals surface area contributed by atoms with Gasteiger partial charge in [0.25, 0.3) is 0 Å². The monoisotopic (exact) mass is 273 g/mol. The topological polar surface area (TPSA) is 76.1 Å². The number of rotatable bonds is 2. The highest BCUT2D eigenvalue weighted by molar-refractivity contribution is 5.86. The van der Waals surface area contributed by atoms with Gasteiger partial charge in [-0.25, -0.2) is 9.59 Å². The number of carbonyl (C=O) groups is 2. The normalized spacial score (nSPS) is 25.1. The molecule has 1 amide bonds. The Bertz CT molecular complexity index is 361. The summed E-state index contributed by atoms with van der Waals surface area (Å²) >= 11 is 0. The standard InChI is InChI=1S/C13H23NO5/c1-9(15)18-10(16)13(5)7-6-8-14(13)11(17)19-12(2,3)4/h9,15H,6-8H2,1-5H3. The third kappa shape index (κ3) is 3.83. The van der Waals surface area contributed by atoms with Crippen molar-refractivity contribution in [2.75, 3.05) is 6.54 Å². The fraction of sp³-hybridized carbons (Fsp3) is 0.846. The summed E-state index contributed by atoms with van der Waals surface area (Å²) in [6, 6.07) is 0. The number of likely N-dealkylation sites (tertiary alicyclic amines) is 1. The van der Waals surface area contributed by atoms with Gasteiger partial charge in [-0.3, -0.25) is 4.90 Å². The molecular weight excluding hydrogens is 250 g/mol. The molecule has 19 heavy (non-hydrogen) atoms. The van der Waals surface area contributed by atoms with Gasteiger partial charge in [-0.05, 0) is 47.5 Å². The largest absolute Gasteiger partial charge is 0.444 e. The second-order valence-electron chi connectivity index (χ2n) is 6.01. The summed E-state index contributed by atoms with van der Waals surface area (Å²) in [5.74, 6) is -0.606. The fourth-order valence-electron chi connectivity index (χ4n) is 2.07. The average Bonchev–Trinajstić information content (AvgIpc) is 2.58. The second kappa shape index (κ2) is 5.36. The van der Waals surface area contributed by atoms with Gasteiger partial charge >= 0.3 is 12.1 Å². The summed E-state index contributed by atoms with van der Waals surface area (Å²) in [6.07, 6.45) is -0.525. The zero-order valence-corrected chi connectivity index (χ0v) is 12.2. The van der Waals surface area contributed by atoms with Crippen molar-refractivity contribution in [1.82, 2.24) is 4.90 Å². The van der Waals surface area contributed by atoms with E-state index < -0.39 is 29.5 Å². The van der Waals surface area contributed by atoms with E-state index in [1.54, 1.807) is 27.7 Å². The van der Waals surface area contributed by atoms with Crippen molar-refractivity contribution < 1.29 is 24.2 Å². The van der Waals surface area contributed by atoms with E-state index in [4.69, 9.17) is 14.6 Å². The smallest absolute Gasteiger partial charge is 0.411 e. The molecule has 0 aromatic heterocycles. The highest BCUT2D eigenvalue weighted by Gasteiger charge is 2.48. The van der Waals surface area contributed by atoms with Gasteiger partial charge in [0.1, 0.15) is 11.1 Å². The Morgan fingerprint density at radius 1 is 1.37 bits per heavy atom. The van der Waals surface area contributed by atoms with Crippen LogP contribution in [0.15, 0.2) is 0 Å². The molecule has 2 unspecified atom stereocenters. The number of amides is 1. The van der Waals surface area contributed by atoms with E-state index in [1.165, 1.54) is 11.8 Å². The molecule has 1 aliphatic rings. The Labute approximate surface area is 113 Å². The SMILES string of the molecule is CC(O)OC(=O)C1(C)CCCN1C(=O)OC(C)(C)C. The van der Waals surface area contributed by atoms with E-state index in [9.17, 15) is 9.59 Å². The molecule has 1 fully saturated rings. The molecule has 6 heteroatoms. The first-order chi connectivity index (χ1) is 8.56. The van der Waals surface area contributed by atoms with Crippen LogP contribution in [0.25, 0.3) is 0 Å². The molecule has 0 saturated carbocycles. The Hall–Kier alpha value is -1.30. The van der Waals surface area contributed by atoms with Crippen LogP contribution in [-0.2, 0) is 14.3 Å². The lowest BCUT2D eigenvalue weighted by atomic mass is 9.99. The van der Waals surface area contributed by atoms with Gasteiger partial charge in [-0.15, -0.1) is 0 Å². The van der Waals surface area contributed by atoms with E-state index in [1.807, 2.05) is 0 Å². The maximum absolute atomic E-state index is 12.1. The molecule has 0 radical (unpaired) electrons. The number of aliphatic hydroxyl groups is 1. The van der Waals surface area contributed by atoms with Crippen molar-refractivity contribution in [2.24, 2.45) is 0 Å². The minimum Gasteiger partial charge on any atom is -0.444 e. The third-order valence-electron chi connectivity index (χ3n) is 2.97. The van der Waals surface area contributed by atoms with Gasteiger partial charge in [-0.1, -0.05) is 0 Å². The molecule has 2 atom stereocenters. The Balaban J connectivity index is 2.83. The van der Waals surface area contributed by atoms with Crippen molar-refractivity contribution in [2.45, 2.75) is 64.9 Å². The molecule has 1 aliphatic heterocycles. The van der Waals surface area contributed by atoms with E-state index in [0.29, 0.717) is 19.4 Å². The number of esters is 1. The van der Waals surface area contributed by atoms with Crippen molar-refractivity contribution in [3.8, 4) is 0 Å². The van der Waals surface area contributed by atoms with E-state index in [2.05, 4.69) is 0 Å². The lowest BCUT2D eigenvalue weighted by Crippen LogP contribution is -2.53. The minimum absolute atomic E-state index is 0.445. The number of ether oxygens (including phenoxy) is 2. The van der Waals surface area contributed by atoms with Crippen LogP contribution >= 0.6 is 0 Å². The van der Waals surface area contributed by atoms with Gasteiger partial charge in [0, 0.05) is 6.54 Å². The molecule has 1 N–H and O–H groups in total. The molecule has 1 heterocycles. The molecule has 0 bridgehead atoms. The molecule has 0 aliphatic carbocycles. The van der Waals surface area contributed by atoms with Crippen molar-refractivity contribution in [1.29, 1.82) is 0 Å². The second-order valence-corrected chi connectivity index (χ2v) is 6.01. The molecule has 6 nitrogen and oxygen atoms in total. The summed E-state index contributed by atoms with van der Waals surface area (Å²) < 4.78 is 10.1. The van der Waals surface area contributed by atoms with Gasteiger partial charge in [-0.2, -0.15) is 0 Å². The number of hydrogen-bond acceptors (Lipinski definition) is 5. The highest BCUT2D eigenvalue weighted by atomic mass is 16.6. The van der Waals surface area contributed by atoms with Crippen molar-refractivity contribution in [3.05, 3.63) is 0 Å². The maximum Gasteiger partial charge on any atom is 0.411 e. The number of carbonyl (C=O) groups excluding carboxylic acids is 2.